The monoisotopic (exact) mass is 530 g/mol. The normalized spacial score (nSPS) is 12.5. The van der Waals surface area contributed by atoms with Gasteiger partial charge >= 0.3 is 0 Å². The van der Waals surface area contributed by atoms with E-state index in [1.807, 2.05) is 6.92 Å². The van der Waals surface area contributed by atoms with Gasteiger partial charge in [-0.25, -0.2) is 0 Å². The molecule has 0 aliphatic heterocycles. The minimum absolute atomic E-state index is 0.0927. The molecule has 0 spiro atoms. The van der Waals surface area contributed by atoms with E-state index in [-0.39, 0.29) is 112 Å². The molecule has 0 aliphatic carbocycles. The third-order valence-electron chi connectivity index (χ3n) is 5.11. The summed E-state index contributed by atoms with van der Waals surface area (Å²) in [6.45, 7) is 4.71. The van der Waals surface area contributed by atoms with Crippen LogP contribution in [0.25, 0.3) is 0 Å². The maximum Gasteiger partial charge on any atom is 0.0698 e. The van der Waals surface area contributed by atoms with E-state index in [0.717, 1.165) is 0 Å². The highest BCUT2D eigenvalue weighted by atomic mass is 16.5. The van der Waals surface area contributed by atoms with E-state index in [9.17, 15) is 0 Å². The molecule has 218 valence electrons. The lowest BCUT2D eigenvalue weighted by Gasteiger charge is -2.36. The lowest BCUT2D eigenvalue weighted by atomic mass is 9.90. The number of ether oxygens (including phenoxy) is 7. The molecule has 36 heavy (non-hydrogen) atoms. The summed E-state index contributed by atoms with van der Waals surface area (Å²) in [4.78, 5) is 0. The van der Waals surface area contributed by atoms with Gasteiger partial charge in [0.1, 0.15) is 0 Å². The van der Waals surface area contributed by atoms with Crippen LogP contribution in [-0.2, 0) is 33.2 Å². The lowest BCUT2D eigenvalue weighted by molar-refractivity contribution is -0.145. The first-order valence-corrected chi connectivity index (χ1v) is 12.7. The average molecular weight is 531 g/mol. The van der Waals surface area contributed by atoms with Gasteiger partial charge in [-0.2, -0.15) is 0 Å². The van der Waals surface area contributed by atoms with Crippen LogP contribution in [0.15, 0.2) is 0 Å². The maximum absolute atomic E-state index is 9.17. The predicted octanol–water partition coefficient (Wildman–Crippen LogP) is -1.16. The van der Waals surface area contributed by atoms with Crippen molar-refractivity contribution in [1.29, 1.82) is 0 Å². The minimum Gasteiger partial charge on any atom is -0.396 e. The van der Waals surface area contributed by atoms with Crippen molar-refractivity contribution in [3.63, 3.8) is 0 Å². The Morgan fingerprint density at radius 3 is 1.06 bits per heavy atom. The molecule has 0 saturated heterocycles. The topological polar surface area (TPSA) is 166 Å². The molecular weight excluding hydrogens is 480 g/mol. The Morgan fingerprint density at radius 2 is 0.722 bits per heavy atom. The average Bonchev–Trinajstić information content (AvgIpc) is 2.88. The fourth-order valence-corrected chi connectivity index (χ4v) is 3.32. The van der Waals surface area contributed by atoms with E-state index in [0.29, 0.717) is 26.1 Å². The Hall–Kier alpha value is -0.480. The van der Waals surface area contributed by atoms with Crippen LogP contribution in [0.1, 0.15) is 19.8 Å². The molecule has 0 heterocycles. The molecule has 0 unspecified atom stereocenters. The number of aliphatic hydroxyl groups excluding tert-OH is 5. The van der Waals surface area contributed by atoms with Crippen molar-refractivity contribution in [1.82, 2.24) is 0 Å². The van der Waals surface area contributed by atoms with E-state index in [1.54, 1.807) is 0 Å². The quantitative estimate of drug-likeness (QED) is 0.0737. The van der Waals surface area contributed by atoms with Gasteiger partial charge < -0.3 is 58.7 Å². The van der Waals surface area contributed by atoms with Gasteiger partial charge in [-0.3, -0.25) is 0 Å². The standard InChI is InChI=1S/C24H50O12/c1-2-30-15-23(17-32-11-6-26,18-33-12-7-27)21-36-22-24(19-34-13-8-28,20-35-14-9-29)16-31-10-4-3-5-25/h25-29H,2-22H2,1H3. The smallest absolute Gasteiger partial charge is 0.0698 e. The highest BCUT2D eigenvalue weighted by Crippen LogP contribution is 2.25. The summed E-state index contributed by atoms with van der Waals surface area (Å²) in [5, 5.41) is 45.6. The molecule has 0 rings (SSSR count). The summed E-state index contributed by atoms with van der Waals surface area (Å²) >= 11 is 0. The molecule has 0 amide bonds. The summed E-state index contributed by atoms with van der Waals surface area (Å²) in [5.41, 5.74) is -1.41. The number of aliphatic hydroxyl groups is 5. The highest BCUT2D eigenvalue weighted by molar-refractivity contribution is 4.83. The zero-order chi connectivity index (χ0) is 26.8. The summed E-state index contributed by atoms with van der Waals surface area (Å²) in [7, 11) is 0. The molecular formula is C24H50O12. The van der Waals surface area contributed by atoms with Crippen LogP contribution < -0.4 is 0 Å². The zero-order valence-corrected chi connectivity index (χ0v) is 21.9. The van der Waals surface area contributed by atoms with Crippen molar-refractivity contribution >= 4 is 0 Å². The van der Waals surface area contributed by atoms with Gasteiger partial charge in [0.25, 0.3) is 0 Å². The molecule has 0 aliphatic rings. The van der Waals surface area contributed by atoms with Crippen molar-refractivity contribution in [2.45, 2.75) is 19.8 Å². The van der Waals surface area contributed by atoms with Gasteiger partial charge in [0.05, 0.1) is 117 Å². The molecule has 0 bridgehead atoms. The molecule has 12 nitrogen and oxygen atoms in total. The van der Waals surface area contributed by atoms with Crippen molar-refractivity contribution in [2.75, 3.05) is 126 Å². The Labute approximate surface area is 215 Å². The first-order chi connectivity index (χ1) is 17.6. The SMILES string of the molecule is CCOCC(COCCO)(COCCO)COCC(COCCO)(COCCO)COCCCCO. The van der Waals surface area contributed by atoms with E-state index >= 15 is 0 Å². The summed E-state index contributed by atoms with van der Waals surface area (Å²) in [5.74, 6) is 0. The Bertz CT molecular complexity index is 435. The van der Waals surface area contributed by atoms with E-state index in [2.05, 4.69) is 0 Å². The number of hydrogen-bond acceptors (Lipinski definition) is 12. The highest BCUT2D eigenvalue weighted by Gasteiger charge is 2.36. The van der Waals surface area contributed by atoms with Gasteiger partial charge in [0.15, 0.2) is 0 Å². The number of rotatable bonds is 29. The lowest BCUT2D eigenvalue weighted by Crippen LogP contribution is -2.46. The van der Waals surface area contributed by atoms with Crippen LogP contribution in [0.3, 0.4) is 0 Å². The second kappa shape index (κ2) is 24.8. The Morgan fingerprint density at radius 1 is 0.389 bits per heavy atom. The van der Waals surface area contributed by atoms with Crippen LogP contribution in [0.5, 0.6) is 0 Å². The first kappa shape index (κ1) is 35.5. The fraction of sp³-hybridized carbons (Fsp3) is 1.00. The van der Waals surface area contributed by atoms with E-state index in [1.165, 1.54) is 0 Å². The third kappa shape index (κ3) is 17.9. The minimum atomic E-state index is -0.723. The largest absolute Gasteiger partial charge is 0.396 e. The number of unbranched alkanes of at least 4 members (excludes halogenated alkanes) is 1. The van der Waals surface area contributed by atoms with Crippen molar-refractivity contribution in [2.24, 2.45) is 10.8 Å². The van der Waals surface area contributed by atoms with Crippen molar-refractivity contribution in [3.05, 3.63) is 0 Å². The summed E-state index contributed by atoms with van der Waals surface area (Å²) < 4.78 is 40.3. The molecule has 5 N–H and O–H groups in total. The van der Waals surface area contributed by atoms with Crippen LogP contribution >= 0.6 is 0 Å². The van der Waals surface area contributed by atoms with Gasteiger partial charge in [0.2, 0.25) is 0 Å². The molecule has 12 heteroatoms. The van der Waals surface area contributed by atoms with Crippen LogP contribution in [0, 0.1) is 10.8 Å². The van der Waals surface area contributed by atoms with Gasteiger partial charge in [-0.1, -0.05) is 0 Å². The Balaban J connectivity index is 5.47. The van der Waals surface area contributed by atoms with E-state index in [4.69, 9.17) is 58.7 Å². The number of hydrogen-bond donors (Lipinski definition) is 5. The van der Waals surface area contributed by atoms with Crippen LogP contribution in [-0.4, -0.2) is 151 Å². The molecule has 0 aromatic rings. The van der Waals surface area contributed by atoms with Gasteiger partial charge in [0, 0.05) is 19.8 Å². The second-order valence-corrected chi connectivity index (χ2v) is 8.72. The molecule has 0 fully saturated rings. The van der Waals surface area contributed by atoms with Crippen LogP contribution in [0.2, 0.25) is 0 Å². The fourth-order valence-electron chi connectivity index (χ4n) is 3.32. The Kier molecular flexibility index (Phi) is 24.5. The van der Waals surface area contributed by atoms with Crippen molar-refractivity contribution in [3.8, 4) is 0 Å². The van der Waals surface area contributed by atoms with Crippen LogP contribution in [0.4, 0.5) is 0 Å². The van der Waals surface area contributed by atoms with E-state index < -0.39 is 10.8 Å². The molecule has 0 atom stereocenters. The zero-order valence-electron chi connectivity index (χ0n) is 21.9. The first-order valence-electron chi connectivity index (χ1n) is 12.7. The van der Waals surface area contributed by atoms with Crippen molar-refractivity contribution < 1.29 is 58.7 Å². The third-order valence-corrected chi connectivity index (χ3v) is 5.11. The molecule has 0 aromatic carbocycles. The second-order valence-electron chi connectivity index (χ2n) is 8.72. The summed E-state index contributed by atoms with van der Waals surface area (Å²) in [6.07, 6.45) is 1.33. The molecule has 0 saturated carbocycles. The molecule has 0 aromatic heterocycles. The summed E-state index contributed by atoms with van der Waals surface area (Å²) in [6, 6.07) is 0. The predicted molar refractivity (Wildman–Crippen MR) is 131 cm³/mol. The van der Waals surface area contributed by atoms with Gasteiger partial charge in [-0.05, 0) is 19.8 Å². The van der Waals surface area contributed by atoms with Gasteiger partial charge in [-0.15, -0.1) is 0 Å². The maximum atomic E-state index is 9.17. The molecule has 0 radical (unpaired) electrons.